The molecule has 1 fully saturated rings. The van der Waals surface area contributed by atoms with Gasteiger partial charge in [0.25, 0.3) is 5.91 Å². The molecule has 0 atom stereocenters. The lowest BCUT2D eigenvalue weighted by atomic mass is 9.94. The van der Waals surface area contributed by atoms with Crippen molar-refractivity contribution < 1.29 is 14.3 Å². The summed E-state index contributed by atoms with van der Waals surface area (Å²) in [5.74, 6) is 0.415. The maximum Gasteiger partial charge on any atom is 0.260 e. The SMILES string of the molecule is CC(C)(C)C(=O)N1CCN(C(=O)COc2ccc(Cl)cc2Cl)CC1. The molecule has 2 amide bonds. The summed E-state index contributed by atoms with van der Waals surface area (Å²) in [6.45, 7) is 7.72. The Bertz CT molecular complexity index is 621. The third kappa shape index (κ3) is 4.77. The number of hydrogen-bond donors (Lipinski definition) is 0. The van der Waals surface area contributed by atoms with Crippen molar-refractivity contribution in [2.24, 2.45) is 5.41 Å². The van der Waals surface area contributed by atoms with Gasteiger partial charge < -0.3 is 14.5 Å². The number of carbonyl (C=O) groups is 2. The fraction of sp³-hybridized carbons (Fsp3) is 0.529. The monoisotopic (exact) mass is 372 g/mol. The second-order valence-corrected chi connectivity index (χ2v) is 7.63. The number of rotatable bonds is 3. The molecule has 0 N–H and O–H groups in total. The second kappa shape index (κ2) is 7.62. The van der Waals surface area contributed by atoms with Crippen LogP contribution in [-0.4, -0.2) is 54.4 Å². The molecule has 2 rings (SSSR count). The van der Waals surface area contributed by atoms with Crippen LogP contribution >= 0.6 is 23.2 Å². The average Bonchev–Trinajstić information content (AvgIpc) is 2.52. The largest absolute Gasteiger partial charge is 0.482 e. The summed E-state index contributed by atoms with van der Waals surface area (Å²) < 4.78 is 5.47. The van der Waals surface area contributed by atoms with Gasteiger partial charge in [0.2, 0.25) is 5.91 Å². The van der Waals surface area contributed by atoms with Gasteiger partial charge in [0.05, 0.1) is 5.02 Å². The summed E-state index contributed by atoms with van der Waals surface area (Å²) in [6.07, 6.45) is 0. The van der Waals surface area contributed by atoms with Crippen molar-refractivity contribution in [3.63, 3.8) is 0 Å². The number of amides is 2. The molecule has 0 radical (unpaired) electrons. The van der Waals surface area contributed by atoms with Crippen molar-refractivity contribution >= 4 is 35.0 Å². The fourth-order valence-corrected chi connectivity index (χ4v) is 2.92. The molecule has 0 aliphatic carbocycles. The Kier molecular flexibility index (Phi) is 5.99. The quantitative estimate of drug-likeness (QED) is 0.818. The highest BCUT2D eigenvalue weighted by molar-refractivity contribution is 6.35. The lowest BCUT2D eigenvalue weighted by Crippen LogP contribution is -2.53. The third-order valence-electron chi connectivity index (χ3n) is 3.81. The van der Waals surface area contributed by atoms with Gasteiger partial charge in [-0.3, -0.25) is 9.59 Å². The molecular weight excluding hydrogens is 351 g/mol. The summed E-state index contributed by atoms with van der Waals surface area (Å²) in [6, 6.07) is 4.86. The van der Waals surface area contributed by atoms with E-state index in [1.807, 2.05) is 20.8 Å². The van der Waals surface area contributed by atoms with Crippen molar-refractivity contribution in [1.82, 2.24) is 9.80 Å². The van der Waals surface area contributed by atoms with E-state index in [0.29, 0.717) is 42.0 Å². The van der Waals surface area contributed by atoms with Gasteiger partial charge >= 0.3 is 0 Å². The number of nitrogens with zero attached hydrogens (tertiary/aromatic N) is 2. The van der Waals surface area contributed by atoms with Crippen LogP contribution in [-0.2, 0) is 9.59 Å². The minimum absolute atomic E-state index is 0.0887. The molecule has 0 aromatic heterocycles. The smallest absolute Gasteiger partial charge is 0.260 e. The number of hydrogen-bond acceptors (Lipinski definition) is 3. The average molecular weight is 373 g/mol. The molecule has 0 bridgehead atoms. The number of benzene rings is 1. The van der Waals surface area contributed by atoms with E-state index in [0.717, 1.165) is 0 Å². The molecule has 1 aliphatic heterocycles. The van der Waals surface area contributed by atoms with Crippen molar-refractivity contribution in [2.45, 2.75) is 20.8 Å². The van der Waals surface area contributed by atoms with Gasteiger partial charge in [0, 0.05) is 36.6 Å². The highest BCUT2D eigenvalue weighted by atomic mass is 35.5. The topological polar surface area (TPSA) is 49.9 Å². The second-order valence-electron chi connectivity index (χ2n) is 6.79. The first kappa shape index (κ1) is 18.9. The highest BCUT2D eigenvalue weighted by Gasteiger charge is 2.30. The Morgan fingerprint density at radius 3 is 2.21 bits per heavy atom. The van der Waals surface area contributed by atoms with E-state index < -0.39 is 5.41 Å². The lowest BCUT2D eigenvalue weighted by Gasteiger charge is -2.37. The highest BCUT2D eigenvalue weighted by Crippen LogP contribution is 2.27. The first-order valence-corrected chi connectivity index (χ1v) is 8.59. The number of carbonyl (C=O) groups excluding carboxylic acids is 2. The summed E-state index contributed by atoms with van der Waals surface area (Å²) in [5.41, 5.74) is -0.402. The first-order valence-electron chi connectivity index (χ1n) is 7.83. The van der Waals surface area contributed by atoms with Crippen LogP contribution in [0.5, 0.6) is 5.75 Å². The van der Waals surface area contributed by atoms with Crippen LogP contribution in [0.25, 0.3) is 0 Å². The van der Waals surface area contributed by atoms with Crippen LogP contribution in [0.2, 0.25) is 10.0 Å². The van der Waals surface area contributed by atoms with Crippen molar-refractivity contribution in [1.29, 1.82) is 0 Å². The van der Waals surface area contributed by atoms with Gasteiger partial charge in [-0.1, -0.05) is 44.0 Å². The Balaban J connectivity index is 1.84. The number of halogens is 2. The third-order valence-corrected chi connectivity index (χ3v) is 4.34. The minimum Gasteiger partial charge on any atom is -0.482 e. The van der Waals surface area contributed by atoms with Crippen LogP contribution in [0.3, 0.4) is 0 Å². The first-order chi connectivity index (χ1) is 11.2. The summed E-state index contributed by atoms with van der Waals surface area (Å²) in [4.78, 5) is 28.0. The summed E-state index contributed by atoms with van der Waals surface area (Å²) >= 11 is 11.8. The Morgan fingerprint density at radius 2 is 1.67 bits per heavy atom. The molecule has 1 aliphatic rings. The molecule has 24 heavy (non-hydrogen) atoms. The van der Waals surface area contributed by atoms with Gasteiger partial charge in [0.1, 0.15) is 5.75 Å². The van der Waals surface area contributed by atoms with E-state index in [1.165, 1.54) is 0 Å². The predicted molar refractivity (Wildman–Crippen MR) is 94.6 cm³/mol. The van der Waals surface area contributed by atoms with Crippen LogP contribution in [0.4, 0.5) is 0 Å². The zero-order chi connectivity index (χ0) is 17.9. The van der Waals surface area contributed by atoms with Crippen molar-refractivity contribution in [3.8, 4) is 5.75 Å². The summed E-state index contributed by atoms with van der Waals surface area (Å²) in [5, 5.41) is 0.884. The maximum atomic E-state index is 12.3. The van der Waals surface area contributed by atoms with Crippen molar-refractivity contribution in [3.05, 3.63) is 28.2 Å². The van der Waals surface area contributed by atoms with Gasteiger partial charge in [-0.15, -0.1) is 0 Å². The normalized spacial score (nSPS) is 15.4. The van der Waals surface area contributed by atoms with Crippen LogP contribution in [0, 0.1) is 5.41 Å². The Morgan fingerprint density at radius 1 is 1.08 bits per heavy atom. The molecule has 7 heteroatoms. The van der Waals surface area contributed by atoms with E-state index >= 15 is 0 Å². The van der Waals surface area contributed by atoms with E-state index in [-0.39, 0.29) is 18.4 Å². The van der Waals surface area contributed by atoms with Gasteiger partial charge in [-0.25, -0.2) is 0 Å². The fourth-order valence-electron chi connectivity index (χ4n) is 2.46. The van der Waals surface area contributed by atoms with Crippen molar-refractivity contribution in [2.75, 3.05) is 32.8 Å². The molecule has 132 valence electrons. The Labute approximate surface area is 152 Å². The van der Waals surface area contributed by atoms with E-state index in [4.69, 9.17) is 27.9 Å². The molecule has 0 unspecified atom stereocenters. The Hall–Kier alpha value is -1.46. The molecule has 1 aromatic rings. The zero-order valence-electron chi connectivity index (χ0n) is 14.1. The zero-order valence-corrected chi connectivity index (χ0v) is 15.7. The number of ether oxygens (including phenoxy) is 1. The van der Waals surface area contributed by atoms with Gasteiger partial charge in [0.15, 0.2) is 6.61 Å². The lowest BCUT2D eigenvalue weighted by molar-refractivity contribution is -0.145. The molecule has 5 nitrogen and oxygen atoms in total. The standard InChI is InChI=1S/C17H22Cl2N2O3/c1-17(2,3)16(23)21-8-6-20(7-9-21)15(22)11-24-14-5-4-12(18)10-13(14)19/h4-5,10H,6-9,11H2,1-3H3. The molecule has 0 spiro atoms. The molecule has 1 aromatic carbocycles. The van der Waals surface area contributed by atoms with Crippen LogP contribution < -0.4 is 4.74 Å². The molecule has 0 saturated carbocycles. The van der Waals surface area contributed by atoms with E-state index in [2.05, 4.69) is 0 Å². The van der Waals surface area contributed by atoms with Gasteiger partial charge in [-0.05, 0) is 18.2 Å². The minimum atomic E-state index is -0.402. The van der Waals surface area contributed by atoms with Gasteiger partial charge in [-0.2, -0.15) is 0 Å². The van der Waals surface area contributed by atoms with E-state index in [1.54, 1.807) is 28.0 Å². The molecule has 1 heterocycles. The number of piperazine rings is 1. The summed E-state index contributed by atoms with van der Waals surface area (Å²) in [7, 11) is 0. The predicted octanol–water partition coefficient (Wildman–Crippen LogP) is 3.09. The van der Waals surface area contributed by atoms with Crippen LogP contribution in [0.15, 0.2) is 18.2 Å². The molecular formula is C17H22Cl2N2O3. The molecule has 1 saturated heterocycles. The van der Waals surface area contributed by atoms with E-state index in [9.17, 15) is 9.59 Å². The van der Waals surface area contributed by atoms with Crippen LogP contribution in [0.1, 0.15) is 20.8 Å². The maximum absolute atomic E-state index is 12.3.